The number of ether oxygens (including phenoxy) is 1. The number of nitrogens with zero attached hydrogens (tertiary/aromatic N) is 2. The summed E-state index contributed by atoms with van der Waals surface area (Å²) in [7, 11) is 1.46. The van der Waals surface area contributed by atoms with Gasteiger partial charge in [-0.2, -0.15) is 5.26 Å². The third kappa shape index (κ3) is 2.08. The molecule has 0 radical (unpaired) electrons. The van der Waals surface area contributed by atoms with E-state index in [2.05, 4.69) is 9.97 Å². The normalized spacial score (nSPS) is 10.0. The molecular formula is C11H7ClFN3O. The van der Waals surface area contributed by atoms with Gasteiger partial charge in [-0.1, -0.05) is 11.6 Å². The van der Waals surface area contributed by atoms with Crippen molar-refractivity contribution in [2.45, 2.75) is 0 Å². The summed E-state index contributed by atoms with van der Waals surface area (Å²) >= 11 is 5.76. The fourth-order valence-corrected chi connectivity index (χ4v) is 1.59. The maximum absolute atomic E-state index is 13.2. The number of methoxy groups -OCH3 is 1. The fraction of sp³-hybridized carbons (Fsp3) is 0.0909. The van der Waals surface area contributed by atoms with Crippen molar-refractivity contribution in [1.82, 2.24) is 9.97 Å². The van der Waals surface area contributed by atoms with Crippen LogP contribution in [0.4, 0.5) is 4.39 Å². The van der Waals surface area contributed by atoms with Crippen molar-refractivity contribution in [3.8, 4) is 23.2 Å². The van der Waals surface area contributed by atoms with E-state index in [0.29, 0.717) is 17.1 Å². The minimum atomic E-state index is -0.424. The second-order valence-electron chi connectivity index (χ2n) is 3.20. The number of hydrogen-bond acceptors (Lipinski definition) is 3. The van der Waals surface area contributed by atoms with Crippen molar-refractivity contribution < 1.29 is 9.13 Å². The third-order valence-corrected chi connectivity index (χ3v) is 2.46. The van der Waals surface area contributed by atoms with Crippen LogP contribution < -0.4 is 4.74 Å². The quantitative estimate of drug-likeness (QED) is 0.893. The second-order valence-corrected chi connectivity index (χ2v) is 3.58. The van der Waals surface area contributed by atoms with Crippen molar-refractivity contribution >= 4 is 11.6 Å². The van der Waals surface area contributed by atoms with Crippen molar-refractivity contribution in [3.63, 3.8) is 0 Å². The first-order valence-electron chi connectivity index (χ1n) is 4.65. The van der Waals surface area contributed by atoms with Crippen LogP contribution in [0.2, 0.25) is 5.15 Å². The zero-order chi connectivity index (χ0) is 12.4. The first kappa shape index (κ1) is 11.4. The van der Waals surface area contributed by atoms with Gasteiger partial charge in [-0.25, -0.2) is 9.37 Å². The molecule has 0 bridgehead atoms. The fourth-order valence-electron chi connectivity index (χ4n) is 1.42. The van der Waals surface area contributed by atoms with Crippen LogP contribution >= 0.6 is 11.6 Å². The van der Waals surface area contributed by atoms with Gasteiger partial charge in [0.25, 0.3) is 0 Å². The smallest absolute Gasteiger partial charge is 0.178 e. The van der Waals surface area contributed by atoms with E-state index in [-0.39, 0.29) is 10.8 Å². The molecule has 6 heteroatoms. The molecule has 0 aliphatic heterocycles. The monoisotopic (exact) mass is 251 g/mol. The number of imidazole rings is 1. The lowest BCUT2D eigenvalue weighted by atomic mass is 10.2. The van der Waals surface area contributed by atoms with Gasteiger partial charge in [-0.15, -0.1) is 0 Å². The first-order valence-corrected chi connectivity index (χ1v) is 5.03. The molecule has 2 aromatic rings. The largest absolute Gasteiger partial charge is 0.496 e. The third-order valence-electron chi connectivity index (χ3n) is 2.18. The topological polar surface area (TPSA) is 61.7 Å². The molecule has 0 saturated heterocycles. The molecular weight excluding hydrogens is 245 g/mol. The molecule has 0 aliphatic carbocycles. The van der Waals surface area contributed by atoms with Crippen LogP contribution in [0.25, 0.3) is 11.4 Å². The Morgan fingerprint density at radius 1 is 1.53 bits per heavy atom. The Morgan fingerprint density at radius 2 is 2.29 bits per heavy atom. The summed E-state index contributed by atoms with van der Waals surface area (Å²) in [6.07, 6.45) is 0. The van der Waals surface area contributed by atoms with E-state index in [9.17, 15) is 4.39 Å². The van der Waals surface area contributed by atoms with E-state index in [1.54, 1.807) is 0 Å². The number of halogens is 2. The van der Waals surface area contributed by atoms with Crippen LogP contribution in [0, 0.1) is 17.1 Å². The number of nitrogens with one attached hydrogen (secondary N) is 1. The molecule has 0 aliphatic rings. The Morgan fingerprint density at radius 3 is 2.88 bits per heavy atom. The number of benzene rings is 1. The van der Waals surface area contributed by atoms with Crippen LogP contribution in [0.3, 0.4) is 0 Å². The van der Waals surface area contributed by atoms with Gasteiger partial charge >= 0.3 is 0 Å². The van der Waals surface area contributed by atoms with Crippen molar-refractivity contribution in [2.75, 3.05) is 7.11 Å². The number of aromatic nitrogens is 2. The number of hydrogen-bond donors (Lipinski definition) is 1. The molecule has 1 aromatic heterocycles. The average Bonchev–Trinajstić information content (AvgIpc) is 2.70. The molecule has 86 valence electrons. The minimum absolute atomic E-state index is 0.0629. The first-order chi connectivity index (χ1) is 8.15. The molecule has 1 N–H and O–H groups in total. The predicted octanol–water partition coefficient (Wildman–Crippen LogP) is 2.75. The van der Waals surface area contributed by atoms with E-state index in [4.69, 9.17) is 21.6 Å². The van der Waals surface area contributed by atoms with Gasteiger partial charge < -0.3 is 9.72 Å². The molecule has 1 aromatic carbocycles. The summed E-state index contributed by atoms with van der Waals surface area (Å²) in [5.74, 6) is 0.316. The molecule has 0 atom stereocenters. The second kappa shape index (κ2) is 4.44. The van der Waals surface area contributed by atoms with Gasteiger partial charge in [-0.05, 0) is 18.2 Å². The van der Waals surface area contributed by atoms with Crippen LogP contribution in [0.1, 0.15) is 5.69 Å². The van der Waals surface area contributed by atoms with E-state index >= 15 is 0 Å². The van der Waals surface area contributed by atoms with E-state index in [1.807, 2.05) is 6.07 Å². The summed E-state index contributed by atoms with van der Waals surface area (Å²) in [6.45, 7) is 0. The Kier molecular flexibility index (Phi) is 2.98. The molecule has 0 spiro atoms. The Balaban J connectivity index is 2.59. The standard InChI is InChI=1S/C11H7ClFN3O/c1-17-9-3-2-6(13)4-7(9)11-15-8(5-14)10(12)16-11/h2-4H,1H3,(H,15,16). The van der Waals surface area contributed by atoms with Crippen LogP contribution in [-0.2, 0) is 0 Å². The van der Waals surface area contributed by atoms with Crippen LogP contribution in [-0.4, -0.2) is 17.1 Å². The molecule has 0 saturated carbocycles. The highest BCUT2D eigenvalue weighted by Gasteiger charge is 2.14. The summed E-state index contributed by atoms with van der Waals surface area (Å²) < 4.78 is 18.2. The summed E-state index contributed by atoms with van der Waals surface area (Å²) in [5, 5.41) is 8.86. The van der Waals surface area contributed by atoms with Gasteiger partial charge in [0.15, 0.2) is 5.69 Å². The Bertz CT molecular complexity index is 603. The number of nitriles is 1. The molecule has 0 fully saturated rings. The maximum atomic E-state index is 13.2. The highest BCUT2D eigenvalue weighted by atomic mass is 35.5. The lowest BCUT2D eigenvalue weighted by Crippen LogP contribution is -1.90. The molecule has 0 amide bonds. The molecule has 0 unspecified atom stereocenters. The van der Waals surface area contributed by atoms with Gasteiger partial charge in [0, 0.05) is 0 Å². The predicted molar refractivity (Wildman–Crippen MR) is 60.3 cm³/mol. The van der Waals surface area contributed by atoms with Crippen molar-refractivity contribution in [2.24, 2.45) is 0 Å². The molecule has 4 nitrogen and oxygen atoms in total. The average molecular weight is 252 g/mol. The van der Waals surface area contributed by atoms with Crippen molar-refractivity contribution in [1.29, 1.82) is 5.26 Å². The van der Waals surface area contributed by atoms with Gasteiger partial charge in [-0.3, -0.25) is 0 Å². The van der Waals surface area contributed by atoms with Crippen LogP contribution in [0.5, 0.6) is 5.75 Å². The number of aromatic amines is 1. The zero-order valence-corrected chi connectivity index (χ0v) is 9.55. The molecule has 2 rings (SSSR count). The molecule has 17 heavy (non-hydrogen) atoms. The summed E-state index contributed by atoms with van der Waals surface area (Å²) in [5.41, 5.74) is 0.476. The van der Waals surface area contributed by atoms with Crippen molar-refractivity contribution in [3.05, 3.63) is 34.9 Å². The summed E-state index contributed by atoms with van der Waals surface area (Å²) in [4.78, 5) is 6.65. The Hall–Kier alpha value is -2.06. The van der Waals surface area contributed by atoms with Gasteiger partial charge in [0.05, 0.1) is 12.7 Å². The van der Waals surface area contributed by atoms with E-state index in [0.717, 1.165) is 0 Å². The zero-order valence-electron chi connectivity index (χ0n) is 8.79. The minimum Gasteiger partial charge on any atom is -0.496 e. The number of H-pyrrole nitrogens is 1. The highest BCUT2D eigenvalue weighted by Crippen LogP contribution is 2.30. The van der Waals surface area contributed by atoms with E-state index < -0.39 is 5.82 Å². The lowest BCUT2D eigenvalue weighted by molar-refractivity contribution is 0.415. The summed E-state index contributed by atoms with van der Waals surface area (Å²) in [6, 6.07) is 5.84. The van der Waals surface area contributed by atoms with E-state index in [1.165, 1.54) is 25.3 Å². The Labute approximate surface area is 102 Å². The van der Waals surface area contributed by atoms with Crippen LogP contribution in [0.15, 0.2) is 18.2 Å². The SMILES string of the molecule is COc1ccc(F)cc1-c1nc(C#N)c(Cl)[nH]1. The van der Waals surface area contributed by atoms with Gasteiger partial charge in [0.2, 0.25) is 0 Å². The molecule has 1 heterocycles. The maximum Gasteiger partial charge on any atom is 0.178 e. The van der Waals surface area contributed by atoms with Gasteiger partial charge in [0.1, 0.15) is 28.6 Å². The highest BCUT2D eigenvalue weighted by molar-refractivity contribution is 6.30. The number of rotatable bonds is 2. The lowest BCUT2D eigenvalue weighted by Gasteiger charge is -2.05.